The number of alkyl halides is 3. The van der Waals surface area contributed by atoms with E-state index in [2.05, 4.69) is 15.6 Å². The maximum absolute atomic E-state index is 14.7. The maximum Gasteiger partial charge on any atom is 0.389 e. The number of benzene rings is 2. The van der Waals surface area contributed by atoms with Crippen molar-refractivity contribution in [3.63, 3.8) is 0 Å². The lowest BCUT2D eigenvalue weighted by Gasteiger charge is -2.26. The average Bonchev–Trinajstić information content (AvgIpc) is 3.67. The molecular formula is C27H28F4N4O3. The molecular weight excluding hydrogens is 504 g/mol. The second-order valence-corrected chi connectivity index (χ2v) is 9.85. The van der Waals surface area contributed by atoms with Crippen LogP contribution in [0.5, 0.6) is 0 Å². The number of hydrogen-bond acceptors (Lipinski definition) is 4. The Labute approximate surface area is 216 Å². The molecule has 3 unspecified atom stereocenters. The van der Waals surface area contributed by atoms with Gasteiger partial charge in [0.2, 0.25) is 18.0 Å². The number of nitrogens with two attached hydrogens (primary N) is 1. The summed E-state index contributed by atoms with van der Waals surface area (Å²) in [5.41, 5.74) is 7.34. The Morgan fingerprint density at radius 3 is 2.42 bits per heavy atom. The van der Waals surface area contributed by atoms with Crippen LogP contribution >= 0.6 is 0 Å². The van der Waals surface area contributed by atoms with E-state index in [0.717, 1.165) is 24.5 Å². The molecule has 0 saturated heterocycles. The Bertz CT molecular complexity index is 1260. The predicted octanol–water partition coefficient (Wildman–Crippen LogP) is 4.23. The summed E-state index contributed by atoms with van der Waals surface area (Å²) in [5.74, 6) is -5.85. The van der Waals surface area contributed by atoms with Crippen molar-refractivity contribution in [1.29, 1.82) is 0 Å². The van der Waals surface area contributed by atoms with Crippen LogP contribution in [0.1, 0.15) is 48.8 Å². The molecule has 2 aliphatic rings. The number of aliphatic imine (C=N–C) groups is 1. The highest BCUT2D eigenvalue weighted by Crippen LogP contribution is 2.39. The minimum atomic E-state index is -4.56. The number of carbonyl (C=O) groups is 3. The standard InChI is InChI=1S/C27H28F4N4O3/c1-14-5-9-16(10-6-14)21-18-3-2-4-20(28)22(18)34-26(38)24(33-21)35-25(37)17(11-12-27(29,30)31)19(23(32)36)13-15-7-8-15/h2-6,9-10,15,17,19,24H,7-8,11-13H2,1H3,(H2,32,36)(H,34,38)(H,35,37). The number of rotatable bonds is 9. The monoisotopic (exact) mass is 532 g/mol. The fourth-order valence-corrected chi connectivity index (χ4v) is 4.60. The molecule has 1 fully saturated rings. The smallest absolute Gasteiger partial charge is 0.369 e. The van der Waals surface area contributed by atoms with E-state index in [1.54, 1.807) is 30.3 Å². The van der Waals surface area contributed by atoms with E-state index < -0.39 is 60.6 Å². The van der Waals surface area contributed by atoms with Gasteiger partial charge in [0.1, 0.15) is 5.82 Å². The van der Waals surface area contributed by atoms with Gasteiger partial charge in [0.25, 0.3) is 5.91 Å². The molecule has 4 rings (SSSR count). The molecule has 4 N–H and O–H groups in total. The summed E-state index contributed by atoms with van der Waals surface area (Å²) in [7, 11) is 0. The van der Waals surface area contributed by atoms with Gasteiger partial charge in [-0.3, -0.25) is 14.4 Å². The SMILES string of the molecule is Cc1ccc(C2=NC(NC(=O)C(CCC(F)(F)F)C(CC3CC3)C(N)=O)C(=O)Nc3c(F)cccc32)cc1. The van der Waals surface area contributed by atoms with E-state index in [9.17, 15) is 31.9 Å². The number of hydrogen-bond donors (Lipinski definition) is 3. The van der Waals surface area contributed by atoms with Gasteiger partial charge < -0.3 is 16.4 Å². The van der Waals surface area contributed by atoms with Crippen LogP contribution in [0, 0.1) is 30.5 Å². The number of halogens is 4. The molecule has 2 aromatic rings. The number of para-hydroxylation sites is 1. The van der Waals surface area contributed by atoms with E-state index in [-0.39, 0.29) is 29.3 Å². The van der Waals surface area contributed by atoms with Gasteiger partial charge in [-0.2, -0.15) is 13.2 Å². The maximum atomic E-state index is 14.7. The largest absolute Gasteiger partial charge is 0.389 e. The van der Waals surface area contributed by atoms with Crippen LogP contribution < -0.4 is 16.4 Å². The Hall–Kier alpha value is -3.76. The fourth-order valence-electron chi connectivity index (χ4n) is 4.60. The number of nitrogens with zero attached hydrogens (tertiary/aromatic N) is 1. The minimum absolute atomic E-state index is 0.110. The lowest BCUT2D eigenvalue weighted by Crippen LogP contribution is -2.48. The van der Waals surface area contributed by atoms with Crippen LogP contribution in [0.15, 0.2) is 47.5 Å². The van der Waals surface area contributed by atoms with Gasteiger partial charge in [-0.05, 0) is 31.7 Å². The number of fused-ring (bicyclic) bond motifs is 1. The Morgan fingerprint density at radius 2 is 1.82 bits per heavy atom. The molecule has 1 aliphatic carbocycles. The first-order chi connectivity index (χ1) is 17.9. The average molecular weight is 533 g/mol. The van der Waals surface area contributed by atoms with Crippen LogP contribution in [0.3, 0.4) is 0 Å². The zero-order valence-corrected chi connectivity index (χ0v) is 20.6. The molecule has 0 aromatic heterocycles. The van der Waals surface area contributed by atoms with Crippen molar-refractivity contribution in [3.05, 3.63) is 65.0 Å². The van der Waals surface area contributed by atoms with Crippen molar-refractivity contribution < 1.29 is 31.9 Å². The molecule has 3 atom stereocenters. The summed E-state index contributed by atoms with van der Waals surface area (Å²) in [5, 5.41) is 4.84. The molecule has 38 heavy (non-hydrogen) atoms. The number of benzodiazepines with no additional fused rings is 1. The first-order valence-electron chi connectivity index (χ1n) is 12.3. The number of amides is 3. The van der Waals surface area contributed by atoms with Crippen LogP contribution in [0.4, 0.5) is 23.2 Å². The quantitative estimate of drug-likeness (QED) is 0.420. The third-order valence-electron chi connectivity index (χ3n) is 6.84. The third kappa shape index (κ3) is 6.56. The second-order valence-electron chi connectivity index (χ2n) is 9.85. The number of nitrogens with one attached hydrogen (secondary N) is 2. The third-order valence-corrected chi connectivity index (χ3v) is 6.84. The number of aryl methyl sites for hydroxylation is 1. The molecule has 7 nitrogen and oxygen atoms in total. The summed E-state index contributed by atoms with van der Waals surface area (Å²) >= 11 is 0. The summed E-state index contributed by atoms with van der Waals surface area (Å²) in [6, 6.07) is 11.2. The van der Waals surface area contributed by atoms with Gasteiger partial charge in [-0.15, -0.1) is 0 Å². The zero-order valence-electron chi connectivity index (χ0n) is 20.6. The highest BCUT2D eigenvalue weighted by atomic mass is 19.4. The highest BCUT2D eigenvalue weighted by Gasteiger charge is 2.41. The lowest BCUT2D eigenvalue weighted by molar-refractivity contribution is -0.146. The van der Waals surface area contributed by atoms with Gasteiger partial charge >= 0.3 is 6.18 Å². The van der Waals surface area contributed by atoms with Crippen LogP contribution in [-0.2, 0) is 14.4 Å². The Balaban J connectivity index is 1.69. The van der Waals surface area contributed by atoms with Gasteiger partial charge in [0, 0.05) is 29.4 Å². The van der Waals surface area contributed by atoms with E-state index in [1.165, 1.54) is 6.07 Å². The van der Waals surface area contributed by atoms with Crippen molar-refractivity contribution in [1.82, 2.24) is 5.32 Å². The topological polar surface area (TPSA) is 114 Å². The summed E-state index contributed by atoms with van der Waals surface area (Å²) in [4.78, 5) is 43.0. The number of primary amides is 1. The molecule has 3 amide bonds. The summed E-state index contributed by atoms with van der Waals surface area (Å²) in [6.45, 7) is 1.87. The molecule has 202 valence electrons. The first-order valence-corrected chi connectivity index (χ1v) is 12.3. The summed E-state index contributed by atoms with van der Waals surface area (Å²) in [6.07, 6.45) is -6.33. The molecule has 11 heteroatoms. The number of anilines is 1. The van der Waals surface area contributed by atoms with Gasteiger partial charge in [-0.25, -0.2) is 9.38 Å². The number of carbonyl (C=O) groups excluding carboxylic acids is 3. The Kier molecular flexibility index (Phi) is 7.84. The summed E-state index contributed by atoms with van der Waals surface area (Å²) < 4.78 is 54.0. The molecule has 1 aliphatic heterocycles. The van der Waals surface area contributed by atoms with Crippen molar-refractivity contribution in [2.75, 3.05) is 5.32 Å². The highest BCUT2D eigenvalue weighted by molar-refractivity contribution is 6.20. The molecule has 0 spiro atoms. The van der Waals surface area contributed by atoms with Crippen molar-refractivity contribution >= 4 is 29.1 Å². The van der Waals surface area contributed by atoms with Gasteiger partial charge in [0.15, 0.2) is 0 Å². The molecule has 0 radical (unpaired) electrons. The zero-order chi connectivity index (χ0) is 27.6. The van der Waals surface area contributed by atoms with Crippen molar-refractivity contribution in [3.8, 4) is 0 Å². The van der Waals surface area contributed by atoms with E-state index in [1.807, 2.05) is 6.92 Å². The van der Waals surface area contributed by atoms with Crippen molar-refractivity contribution in [2.24, 2.45) is 28.5 Å². The van der Waals surface area contributed by atoms with Gasteiger partial charge in [0.05, 0.1) is 11.4 Å². The molecule has 1 saturated carbocycles. The van der Waals surface area contributed by atoms with Crippen LogP contribution in [-0.4, -0.2) is 35.8 Å². The van der Waals surface area contributed by atoms with E-state index in [4.69, 9.17) is 5.73 Å². The Morgan fingerprint density at radius 1 is 1.13 bits per heavy atom. The normalized spacial score (nSPS) is 18.9. The second kappa shape index (κ2) is 10.9. The fraction of sp³-hybridized carbons (Fsp3) is 0.407. The molecule has 1 heterocycles. The van der Waals surface area contributed by atoms with Crippen LogP contribution in [0.2, 0.25) is 0 Å². The molecule has 2 aromatic carbocycles. The lowest BCUT2D eigenvalue weighted by atomic mass is 9.83. The van der Waals surface area contributed by atoms with E-state index >= 15 is 0 Å². The first kappa shape index (κ1) is 27.3. The van der Waals surface area contributed by atoms with Crippen molar-refractivity contribution in [2.45, 2.75) is 51.4 Å². The van der Waals surface area contributed by atoms with E-state index in [0.29, 0.717) is 5.56 Å². The van der Waals surface area contributed by atoms with Gasteiger partial charge in [-0.1, -0.05) is 54.8 Å². The predicted molar refractivity (Wildman–Crippen MR) is 133 cm³/mol. The minimum Gasteiger partial charge on any atom is -0.369 e. The van der Waals surface area contributed by atoms with Crippen LogP contribution in [0.25, 0.3) is 0 Å². The molecule has 0 bridgehead atoms.